The summed E-state index contributed by atoms with van der Waals surface area (Å²) in [5.41, 5.74) is -3.53. The number of aliphatic hydroxyl groups excluding tert-OH is 1. The smallest absolute Gasteiger partial charge is 0.333 e. The lowest BCUT2D eigenvalue weighted by Gasteiger charge is -2.47. The van der Waals surface area contributed by atoms with Gasteiger partial charge in [0.2, 0.25) is 0 Å². The van der Waals surface area contributed by atoms with Crippen LogP contribution in [0, 0.1) is 22.7 Å². The van der Waals surface area contributed by atoms with Crippen LogP contribution in [0.1, 0.15) is 120 Å². The molecule has 3 rings (SSSR count). The van der Waals surface area contributed by atoms with Crippen molar-refractivity contribution in [2.75, 3.05) is 6.61 Å². The van der Waals surface area contributed by atoms with Crippen LogP contribution in [0.15, 0.2) is 34.9 Å². The molecule has 0 aliphatic heterocycles. The molecule has 4 unspecified atom stereocenters. The van der Waals surface area contributed by atoms with Crippen LogP contribution in [0.3, 0.4) is 0 Å². The van der Waals surface area contributed by atoms with E-state index in [1.54, 1.807) is 39.0 Å². The first-order valence-electron chi connectivity index (χ1n) is 16.0. The second-order valence-corrected chi connectivity index (χ2v) is 13.9. The molecule has 0 aromatic carbocycles. The minimum Gasteiger partial charge on any atom is -0.459 e. The summed E-state index contributed by atoms with van der Waals surface area (Å²) in [6.07, 6.45) is 12.3. The van der Waals surface area contributed by atoms with Gasteiger partial charge < -0.3 is 19.7 Å². The van der Waals surface area contributed by atoms with Gasteiger partial charge in [0.05, 0.1) is 5.41 Å². The Labute approximate surface area is 252 Å². The number of carbonyl (C=O) groups is 3. The van der Waals surface area contributed by atoms with Gasteiger partial charge in [-0.1, -0.05) is 84.4 Å². The molecule has 42 heavy (non-hydrogen) atoms. The molecular formula is C35H54O7. The van der Waals surface area contributed by atoms with Crippen molar-refractivity contribution in [3.05, 3.63) is 34.9 Å². The molecule has 0 saturated heterocycles. The molecule has 1 saturated carbocycles. The van der Waals surface area contributed by atoms with E-state index >= 15 is 0 Å². The zero-order chi connectivity index (χ0) is 31.5. The highest BCUT2D eigenvalue weighted by molar-refractivity contribution is 5.95. The number of unbranched alkanes of at least 4 members (excludes halogenated alkanes) is 6. The van der Waals surface area contributed by atoms with Crippen molar-refractivity contribution < 1.29 is 34.1 Å². The van der Waals surface area contributed by atoms with Crippen LogP contribution < -0.4 is 0 Å². The van der Waals surface area contributed by atoms with Crippen LogP contribution in [0.5, 0.6) is 0 Å². The molecule has 3 aliphatic carbocycles. The Bertz CT molecular complexity index is 1130. The molecule has 0 heterocycles. The molecule has 1 spiro atoms. The molecule has 7 nitrogen and oxygen atoms in total. The highest BCUT2D eigenvalue weighted by Gasteiger charge is 2.71. The van der Waals surface area contributed by atoms with Crippen LogP contribution in [0.25, 0.3) is 0 Å². The van der Waals surface area contributed by atoms with E-state index in [2.05, 4.69) is 6.92 Å². The monoisotopic (exact) mass is 586 g/mol. The molecule has 3 aliphatic rings. The van der Waals surface area contributed by atoms with E-state index in [4.69, 9.17) is 9.47 Å². The second-order valence-electron chi connectivity index (χ2n) is 13.9. The third-order valence-corrected chi connectivity index (χ3v) is 10.7. The molecule has 2 N–H and O–H groups in total. The van der Waals surface area contributed by atoms with E-state index in [9.17, 15) is 24.6 Å². The van der Waals surface area contributed by atoms with Crippen molar-refractivity contribution in [1.29, 1.82) is 0 Å². The minimum absolute atomic E-state index is 0.0123. The number of allylic oxidation sites excluding steroid dienone is 2. The summed E-state index contributed by atoms with van der Waals surface area (Å²) >= 11 is 0. The zero-order valence-corrected chi connectivity index (χ0v) is 27.2. The average Bonchev–Trinajstić information content (AvgIpc) is 3.04. The third-order valence-electron chi connectivity index (χ3n) is 10.7. The summed E-state index contributed by atoms with van der Waals surface area (Å²) in [4.78, 5) is 40.4. The molecule has 0 amide bonds. The molecule has 1 fully saturated rings. The van der Waals surface area contributed by atoms with Crippen LogP contribution in [-0.4, -0.2) is 51.8 Å². The lowest BCUT2D eigenvalue weighted by molar-refractivity contribution is -0.178. The van der Waals surface area contributed by atoms with Crippen LogP contribution in [-0.2, 0) is 23.9 Å². The van der Waals surface area contributed by atoms with E-state index in [1.165, 1.54) is 25.7 Å². The van der Waals surface area contributed by atoms with Gasteiger partial charge in [-0.3, -0.25) is 9.59 Å². The van der Waals surface area contributed by atoms with Gasteiger partial charge in [-0.2, -0.15) is 0 Å². The molecular weight excluding hydrogens is 532 g/mol. The predicted octanol–water partition coefficient (Wildman–Crippen LogP) is 6.56. The van der Waals surface area contributed by atoms with Crippen molar-refractivity contribution in [3.8, 4) is 0 Å². The Morgan fingerprint density at radius 2 is 1.71 bits per heavy atom. The number of rotatable bonds is 12. The molecule has 6 atom stereocenters. The summed E-state index contributed by atoms with van der Waals surface area (Å²) in [7, 11) is 0. The Hall–Kier alpha value is -2.25. The van der Waals surface area contributed by atoms with Gasteiger partial charge in [-0.25, -0.2) is 4.79 Å². The molecule has 7 heteroatoms. The fourth-order valence-corrected chi connectivity index (χ4v) is 7.54. The van der Waals surface area contributed by atoms with E-state index in [0.29, 0.717) is 29.6 Å². The maximum Gasteiger partial charge on any atom is 0.333 e. The maximum atomic E-state index is 14.7. The number of aliphatic hydroxyl groups is 2. The number of ketones is 1. The normalized spacial score (nSPS) is 34.1. The number of fused-ring (bicyclic) bond motifs is 1. The standard InChI is InChI=1S/C35H54O7/c1-9-11-12-13-14-15-16-17-28(36)42-33(8)20-25(5)34-19-24(4)29(37)35(34,40)21-26(22-41-31(39)23(3)10-2)18-27(30(34)38)32(33,6)7/h10,18-19,25,27,29,37,40H,9,11-17,20-22H2,1-8H3/b23-10-/t25-,27?,29?,33-,34?,35?/m1/s1. The molecule has 236 valence electrons. The number of esters is 2. The summed E-state index contributed by atoms with van der Waals surface area (Å²) in [5, 5.41) is 23.6. The van der Waals surface area contributed by atoms with Gasteiger partial charge in [0.15, 0.2) is 5.78 Å². The Kier molecular flexibility index (Phi) is 10.7. The van der Waals surface area contributed by atoms with Gasteiger partial charge in [0, 0.05) is 29.7 Å². The van der Waals surface area contributed by atoms with Crippen molar-refractivity contribution in [1.82, 2.24) is 0 Å². The Balaban J connectivity index is 1.96. The van der Waals surface area contributed by atoms with Crippen molar-refractivity contribution in [2.45, 2.75) is 137 Å². The average molecular weight is 587 g/mol. The lowest BCUT2D eigenvalue weighted by Crippen LogP contribution is -2.59. The summed E-state index contributed by atoms with van der Waals surface area (Å²) in [6, 6.07) is 0. The number of ether oxygens (including phenoxy) is 2. The van der Waals surface area contributed by atoms with Crippen molar-refractivity contribution in [2.24, 2.45) is 22.7 Å². The number of Topliss-reactive ketones (excluding diaryl/α,β-unsaturated/α-hetero) is 1. The van der Waals surface area contributed by atoms with Gasteiger partial charge in [-0.05, 0) is 57.6 Å². The third kappa shape index (κ3) is 6.06. The number of hydrogen-bond acceptors (Lipinski definition) is 7. The molecule has 0 aromatic rings. The van der Waals surface area contributed by atoms with Crippen LogP contribution in [0.2, 0.25) is 0 Å². The largest absolute Gasteiger partial charge is 0.459 e. The van der Waals surface area contributed by atoms with E-state index < -0.39 is 45.9 Å². The summed E-state index contributed by atoms with van der Waals surface area (Å²) < 4.78 is 11.9. The second kappa shape index (κ2) is 13.2. The van der Waals surface area contributed by atoms with E-state index in [1.807, 2.05) is 27.7 Å². The van der Waals surface area contributed by atoms with Crippen LogP contribution >= 0.6 is 0 Å². The predicted molar refractivity (Wildman–Crippen MR) is 163 cm³/mol. The highest BCUT2D eigenvalue weighted by Crippen LogP contribution is 2.63. The highest BCUT2D eigenvalue weighted by atomic mass is 16.6. The van der Waals surface area contributed by atoms with Crippen molar-refractivity contribution in [3.63, 3.8) is 0 Å². The quantitative estimate of drug-likeness (QED) is 0.115. The fourth-order valence-electron chi connectivity index (χ4n) is 7.54. The van der Waals surface area contributed by atoms with E-state index in [-0.39, 0.29) is 24.8 Å². The fraction of sp³-hybridized carbons (Fsp3) is 0.743. The SMILES string of the molecule is C/C=C(/C)C(=O)OCC1=CC2C(=O)C3(C=C(C)C(O)C3(O)C1)[C@H](C)C[C@@](C)(OC(=O)CCCCCCCCC)C2(C)C. The lowest BCUT2D eigenvalue weighted by atomic mass is 9.60. The van der Waals surface area contributed by atoms with Gasteiger partial charge in [0.1, 0.15) is 23.9 Å². The molecule has 2 bridgehead atoms. The Morgan fingerprint density at radius 1 is 1.10 bits per heavy atom. The first-order valence-corrected chi connectivity index (χ1v) is 16.0. The first kappa shape index (κ1) is 34.2. The van der Waals surface area contributed by atoms with Crippen LogP contribution in [0.4, 0.5) is 0 Å². The topological polar surface area (TPSA) is 110 Å². The van der Waals surface area contributed by atoms with Gasteiger partial charge in [0.25, 0.3) is 0 Å². The van der Waals surface area contributed by atoms with E-state index in [0.717, 1.165) is 19.3 Å². The summed E-state index contributed by atoms with van der Waals surface area (Å²) in [5.74, 6) is -2.15. The van der Waals surface area contributed by atoms with Gasteiger partial charge in [-0.15, -0.1) is 0 Å². The van der Waals surface area contributed by atoms with Crippen molar-refractivity contribution >= 4 is 17.7 Å². The zero-order valence-electron chi connectivity index (χ0n) is 27.2. The maximum absolute atomic E-state index is 14.7. The number of hydrogen-bond donors (Lipinski definition) is 2. The minimum atomic E-state index is -1.82. The summed E-state index contributed by atoms with van der Waals surface area (Å²) in [6.45, 7) is 14.9. The number of carbonyl (C=O) groups excluding carboxylic acids is 3. The van der Waals surface area contributed by atoms with Gasteiger partial charge >= 0.3 is 11.9 Å². The molecule has 0 radical (unpaired) electrons. The Morgan fingerprint density at radius 3 is 2.33 bits per heavy atom. The first-order chi connectivity index (χ1) is 19.6. The molecule has 0 aromatic heterocycles.